The summed E-state index contributed by atoms with van der Waals surface area (Å²) in [6.07, 6.45) is 1.77. The topological polar surface area (TPSA) is 71.2 Å². The summed E-state index contributed by atoms with van der Waals surface area (Å²) in [5.74, 6) is -0.0449. The van der Waals surface area contributed by atoms with Crippen molar-refractivity contribution in [2.75, 3.05) is 18.8 Å². The number of nitrogen functional groups attached to an aromatic ring is 1. The lowest BCUT2D eigenvalue weighted by Gasteiger charge is -2.22. The maximum absolute atomic E-state index is 11.0. The number of amides is 1. The fourth-order valence-electron chi connectivity index (χ4n) is 2.11. The molecule has 0 aliphatic carbocycles. The van der Waals surface area contributed by atoms with E-state index in [0.717, 1.165) is 10.4 Å². The van der Waals surface area contributed by atoms with Crippen molar-refractivity contribution < 1.29 is 4.79 Å². The largest absolute Gasteiger partial charge is 0.375 e. The van der Waals surface area contributed by atoms with Gasteiger partial charge in [-0.15, -0.1) is 11.3 Å². The molecule has 0 unspecified atom stereocenters. The number of nitrogens with two attached hydrogens (primary N) is 1. The Balaban J connectivity index is 2.06. The van der Waals surface area contributed by atoms with E-state index in [9.17, 15) is 4.79 Å². The lowest BCUT2D eigenvalue weighted by Crippen LogP contribution is -2.33. The normalized spacial score (nSPS) is 11.0. The first kappa shape index (κ1) is 18.0. The van der Waals surface area contributed by atoms with Crippen LogP contribution in [0.25, 0.3) is 0 Å². The van der Waals surface area contributed by atoms with Gasteiger partial charge in [0.2, 0.25) is 5.91 Å². The van der Waals surface area contributed by atoms with Gasteiger partial charge in [0, 0.05) is 54.2 Å². The summed E-state index contributed by atoms with van der Waals surface area (Å²) in [7, 11) is 0. The summed E-state index contributed by atoms with van der Waals surface area (Å²) in [5, 5.41) is 4.59. The van der Waals surface area contributed by atoms with Crippen LogP contribution >= 0.6 is 34.5 Å². The van der Waals surface area contributed by atoms with Crippen molar-refractivity contribution in [1.29, 1.82) is 0 Å². The van der Waals surface area contributed by atoms with E-state index in [1.165, 1.54) is 18.3 Å². The maximum atomic E-state index is 11.0. The number of thiazole rings is 1. The number of hydrogen-bond acceptors (Lipinski definition) is 5. The van der Waals surface area contributed by atoms with Crippen LogP contribution in [0.5, 0.6) is 0 Å². The zero-order valence-electron chi connectivity index (χ0n) is 12.7. The third kappa shape index (κ3) is 5.99. The highest BCUT2D eigenvalue weighted by atomic mass is 35.5. The Morgan fingerprint density at radius 1 is 1.39 bits per heavy atom. The van der Waals surface area contributed by atoms with E-state index < -0.39 is 0 Å². The van der Waals surface area contributed by atoms with E-state index in [4.69, 9.17) is 28.9 Å². The predicted octanol–water partition coefficient (Wildman–Crippen LogP) is 3.17. The van der Waals surface area contributed by atoms with Crippen LogP contribution < -0.4 is 11.1 Å². The van der Waals surface area contributed by atoms with Crippen LogP contribution in [0.2, 0.25) is 10.0 Å². The Kier molecular flexibility index (Phi) is 6.65. The van der Waals surface area contributed by atoms with Crippen molar-refractivity contribution in [1.82, 2.24) is 15.2 Å². The first-order chi connectivity index (χ1) is 10.9. The van der Waals surface area contributed by atoms with E-state index in [0.29, 0.717) is 41.4 Å². The van der Waals surface area contributed by atoms with Crippen molar-refractivity contribution in [2.24, 2.45) is 0 Å². The number of hydrogen-bond donors (Lipinski definition) is 2. The second-order valence-corrected chi connectivity index (χ2v) is 7.08. The van der Waals surface area contributed by atoms with E-state index in [-0.39, 0.29) is 5.91 Å². The average molecular weight is 373 g/mol. The molecular weight excluding hydrogens is 355 g/mol. The quantitative estimate of drug-likeness (QED) is 0.782. The maximum Gasteiger partial charge on any atom is 0.216 e. The summed E-state index contributed by atoms with van der Waals surface area (Å²) in [6, 6.07) is 5.46. The van der Waals surface area contributed by atoms with Gasteiger partial charge in [-0.05, 0) is 17.7 Å². The molecule has 124 valence electrons. The zero-order valence-corrected chi connectivity index (χ0v) is 15.0. The second kappa shape index (κ2) is 8.49. The van der Waals surface area contributed by atoms with Gasteiger partial charge in [0.05, 0.1) is 0 Å². The molecule has 0 aliphatic rings. The van der Waals surface area contributed by atoms with Crippen LogP contribution in [0, 0.1) is 0 Å². The number of carbonyl (C=O) groups excluding carboxylic acids is 1. The number of halogens is 2. The van der Waals surface area contributed by atoms with Gasteiger partial charge >= 0.3 is 0 Å². The molecule has 0 radical (unpaired) electrons. The van der Waals surface area contributed by atoms with Crippen molar-refractivity contribution in [3.8, 4) is 0 Å². The molecule has 0 atom stereocenters. The van der Waals surface area contributed by atoms with Gasteiger partial charge in [-0.1, -0.05) is 29.3 Å². The van der Waals surface area contributed by atoms with Gasteiger partial charge in [0.15, 0.2) is 5.13 Å². The predicted molar refractivity (Wildman–Crippen MR) is 95.8 cm³/mol. The summed E-state index contributed by atoms with van der Waals surface area (Å²) in [5.41, 5.74) is 6.67. The molecule has 1 aromatic carbocycles. The summed E-state index contributed by atoms with van der Waals surface area (Å²) >= 11 is 13.6. The second-order valence-electron chi connectivity index (χ2n) is 5.09. The molecule has 2 rings (SSSR count). The van der Waals surface area contributed by atoms with Gasteiger partial charge in [-0.2, -0.15) is 0 Å². The first-order valence-corrected chi connectivity index (χ1v) is 8.62. The van der Waals surface area contributed by atoms with E-state index in [1.54, 1.807) is 12.3 Å². The fraction of sp³-hybridized carbons (Fsp3) is 0.333. The summed E-state index contributed by atoms with van der Waals surface area (Å²) in [6.45, 7) is 4.09. The van der Waals surface area contributed by atoms with Crippen LogP contribution in [0.1, 0.15) is 17.4 Å². The number of nitrogens with zero attached hydrogens (tertiary/aromatic N) is 2. The molecule has 0 saturated heterocycles. The standard InChI is InChI=1S/C15H18Cl2N4OS/c1-10(22)19-4-5-21(9-13-7-20-15(18)23-13)8-11-2-3-12(16)6-14(11)17/h2-3,6-7H,4-5,8-9H2,1H3,(H2,18,20)(H,19,22). The van der Waals surface area contributed by atoms with Gasteiger partial charge in [0.1, 0.15) is 0 Å². The Bertz CT molecular complexity index is 677. The molecule has 1 aromatic heterocycles. The first-order valence-electron chi connectivity index (χ1n) is 7.05. The van der Waals surface area contributed by atoms with Gasteiger partial charge in [0.25, 0.3) is 0 Å². The Morgan fingerprint density at radius 3 is 2.78 bits per heavy atom. The van der Waals surface area contributed by atoms with Crippen LogP contribution in [0.15, 0.2) is 24.4 Å². The van der Waals surface area contributed by atoms with E-state index >= 15 is 0 Å². The molecule has 2 aromatic rings. The number of aromatic nitrogens is 1. The van der Waals surface area contributed by atoms with E-state index in [1.807, 2.05) is 12.1 Å². The molecule has 0 saturated carbocycles. The summed E-state index contributed by atoms with van der Waals surface area (Å²) < 4.78 is 0. The third-order valence-electron chi connectivity index (χ3n) is 3.16. The molecular formula is C15H18Cl2N4OS. The lowest BCUT2D eigenvalue weighted by atomic mass is 10.2. The zero-order chi connectivity index (χ0) is 16.8. The minimum atomic E-state index is -0.0449. The monoisotopic (exact) mass is 372 g/mol. The number of benzene rings is 1. The van der Waals surface area contributed by atoms with Gasteiger partial charge < -0.3 is 11.1 Å². The minimum Gasteiger partial charge on any atom is -0.375 e. The van der Waals surface area contributed by atoms with Crippen molar-refractivity contribution in [3.05, 3.63) is 44.9 Å². The van der Waals surface area contributed by atoms with Crippen LogP contribution in [0.3, 0.4) is 0 Å². The number of nitrogens with one attached hydrogen (secondary N) is 1. The van der Waals surface area contributed by atoms with Crippen molar-refractivity contribution >= 4 is 45.6 Å². The van der Waals surface area contributed by atoms with Crippen molar-refractivity contribution in [3.63, 3.8) is 0 Å². The SMILES string of the molecule is CC(=O)NCCN(Cc1cnc(N)s1)Cc1ccc(Cl)cc1Cl. The van der Waals surface area contributed by atoms with Crippen molar-refractivity contribution in [2.45, 2.75) is 20.0 Å². The highest BCUT2D eigenvalue weighted by Crippen LogP contribution is 2.24. The molecule has 23 heavy (non-hydrogen) atoms. The molecule has 1 heterocycles. The number of anilines is 1. The Labute approximate surface area is 149 Å². The average Bonchev–Trinajstić information content (AvgIpc) is 2.86. The van der Waals surface area contributed by atoms with E-state index in [2.05, 4.69) is 15.2 Å². The highest BCUT2D eigenvalue weighted by Gasteiger charge is 2.12. The molecule has 1 amide bonds. The molecule has 5 nitrogen and oxygen atoms in total. The van der Waals surface area contributed by atoms with Crippen LogP contribution in [-0.2, 0) is 17.9 Å². The molecule has 0 fully saturated rings. The Morgan fingerprint density at radius 2 is 2.17 bits per heavy atom. The molecule has 0 aliphatic heterocycles. The highest BCUT2D eigenvalue weighted by molar-refractivity contribution is 7.15. The molecule has 8 heteroatoms. The third-order valence-corrected chi connectivity index (χ3v) is 4.56. The summed E-state index contributed by atoms with van der Waals surface area (Å²) in [4.78, 5) is 18.4. The molecule has 0 bridgehead atoms. The minimum absolute atomic E-state index is 0.0449. The van der Waals surface area contributed by atoms with Crippen LogP contribution in [-0.4, -0.2) is 28.9 Å². The fourth-order valence-corrected chi connectivity index (χ4v) is 3.31. The van der Waals surface area contributed by atoms with Gasteiger partial charge in [-0.3, -0.25) is 9.69 Å². The van der Waals surface area contributed by atoms with Crippen LogP contribution in [0.4, 0.5) is 5.13 Å². The molecule has 3 N–H and O–H groups in total. The molecule has 0 spiro atoms. The lowest BCUT2D eigenvalue weighted by molar-refractivity contribution is -0.119. The smallest absolute Gasteiger partial charge is 0.216 e. The Hall–Kier alpha value is -1.34. The number of rotatable bonds is 7. The number of carbonyl (C=O) groups is 1. The van der Waals surface area contributed by atoms with Gasteiger partial charge in [-0.25, -0.2) is 4.98 Å².